The van der Waals surface area contributed by atoms with Crippen LogP contribution in [0.4, 0.5) is 19.1 Å². The van der Waals surface area contributed by atoms with Gasteiger partial charge in [-0.05, 0) is 37.6 Å². The summed E-state index contributed by atoms with van der Waals surface area (Å²) in [6, 6.07) is 10.8. The standard InChI is InChI=1S/C21H25F3N8/c1-14-12-15(2)32(31-14)17-7-5-4-6-16(17)13-29-19(25-3)27-10-11-28-20-26-9-8-18(30-20)21(22,23)24/h4-9,12H,10-11,13H2,1-3H3,(H2,25,27,29)(H,26,28,30). The molecule has 170 valence electrons. The number of benzene rings is 1. The third kappa shape index (κ3) is 5.96. The Hall–Kier alpha value is -3.63. The molecule has 0 aliphatic heterocycles. The minimum absolute atomic E-state index is 0.0802. The first-order chi connectivity index (χ1) is 15.3. The van der Waals surface area contributed by atoms with Gasteiger partial charge in [-0.25, -0.2) is 14.6 Å². The van der Waals surface area contributed by atoms with Crippen LogP contribution in [0.3, 0.4) is 0 Å². The fraction of sp³-hybridized carbons (Fsp3) is 0.333. The smallest absolute Gasteiger partial charge is 0.355 e. The van der Waals surface area contributed by atoms with E-state index in [2.05, 4.69) is 36.0 Å². The van der Waals surface area contributed by atoms with E-state index in [4.69, 9.17) is 0 Å². The lowest BCUT2D eigenvalue weighted by atomic mass is 10.1. The number of aliphatic imine (C=N–C) groups is 1. The van der Waals surface area contributed by atoms with Crippen molar-refractivity contribution in [2.45, 2.75) is 26.6 Å². The first-order valence-corrected chi connectivity index (χ1v) is 9.98. The number of halogens is 3. The van der Waals surface area contributed by atoms with E-state index in [9.17, 15) is 13.2 Å². The van der Waals surface area contributed by atoms with Crippen molar-refractivity contribution in [1.29, 1.82) is 0 Å². The highest BCUT2D eigenvalue weighted by Gasteiger charge is 2.32. The number of para-hydroxylation sites is 1. The summed E-state index contributed by atoms with van der Waals surface area (Å²) in [5.41, 5.74) is 3.02. The molecule has 0 fully saturated rings. The van der Waals surface area contributed by atoms with Crippen LogP contribution in [0.15, 0.2) is 47.6 Å². The van der Waals surface area contributed by atoms with Crippen molar-refractivity contribution in [3.63, 3.8) is 0 Å². The Balaban J connectivity index is 1.53. The monoisotopic (exact) mass is 446 g/mol. The average Bonchev–Trinajstić information content (AvgIpc) is 3.10. The van der Waals surface area contributed by atoms with Crippen molar-refractivity contribution in [2.24, 2.45) is 4.99 Å². The zero-order valence-corrected chi connectivity index (χ0v) is 18.0. The number of anilines is 1. The fourth-order valence-corrected chi connectivity index (χ4v) is 3.10. The quantitative estimate of drug-likeness (QED) is 0.294. The van der Waals surface area contributed by atoms with Crippen molar-refractivity contribution in [3.8, 4) is 5.69 Å². The number of guanidine groups is 1. The summed E-state index contributed by atoms with van der Waals surface area (Å²) in [6.45, 7) is 5.18. The molecule has 3 N–H and O–H groups in total. The predicted molar refractivity (Wildman–Crippen MR) is 117 cm³/mol. The van der Waals surface area contributed by atoms with Gasteiger partial charge in [0.05, 0.1) is 11.4 Å². The fourth-order valence-electron chi connectivity index (χ4n) is 3.10. The largest absolute Gasteiger partial charge is 0.433 e. The molecule has 0 saturated carbocycles. The molecule has 8 nitrogen and oxygen atoms in total. The van der Waals surface area contributed by atoms with Crippen LogP contribution in [0.1, 0.15) is 22.6 Å². The van der Waals surface area contributed by atoms with E-state index in [1.807, 2.05) is 48.9 Å². The molecule has 2 heterocycles. The van der Waals surface area contributed by atoms with Gasteiger partial charge in [0.1, 0.15) is 5.69 Å². The second-order valence-electron chi connectivity index (χ2n) is 7.01. The number of nitrogens with zero attached hydrogens (tertiary/aromatic N) is 5. The minimum atomic E-state index is -4.51. The van der Waals surface area contributed by atoms with Crippen LogP contribution < -0.4 is 16.0 Å². The highest BCUT2D eigenvalue weighted by molar-refractivity contribution is 5.79. The molecule has 2 aromatic heterocycles. The zero-order chi connectivity index (χ0) is 23.1. The average molecular weight is 446 g/mol. The van der Waals surface area contributed by atoms with E-state index in [0.29, 0.717) is 25.6 Å². The Morgan fingerprint density at radius 3 is 2.56 bits per heavy atom. The number of hydrogen-bond donors (Lipinski definition) is 3. The van der Waals surface area contributed by atoms with Gasteiger partial charge >= 0.3 is 6.18 Å². The highest BCUT2D eigenvalue weighted by atomic mass is 19.4. The van der Waals surface area contributed by atoms with Crippen LogP contribution in [0.5, 0.6) is 0 Å². The minimum Gasteiger partial charge on any atom is -0.355 e. The third-order valence-electron chi connectivity index (χ3n) is 4.55. The van der Waals surface area contributed by atoms with E-state index in [-0.39, 0.29) is 5.95 Å². The van der Waals surface area contributed by atoms with E-state index in [1.54, 1.807) is 7.05 Å². The van der Waals surface area contributed by atoms with Gasteiger partial charge in [0.25, 0.3) is 0 Å². The Kier molecular flexibility index (Phi) is 7.29. The summed E-state index contributed by atoms with van der Waals surface area (Å²) in [6.07, 6.45) is -3.43. The molecule has 0 bridgehead atoms. The molecule has 3 aromatic rings. The lowest BCUT2D eigenvalue weighted by Crippen LogP contribution is -2.39. The molecule has 1 aromatic carbocycles. The topological polar surface area (TPSA) is 92.0 Å². The van der Waals surface area contributed by atoms with Crippen LogP contribution in [0, 0.1) is 13.8 Å². The summed E-state index contributed by atoms with van der Waals surface area (Å²) >= 11 is 0. The first-order valence-electron chi connectivity index (χ1n) is 9.98. The number of alkyl halides is 3. The molecular weight excluding hydrogens is 421 g/mol. The van der Waals surface area contributed by atoms with Crippen molar-refractivity contribution in [3.05, 3.63) is 65.2 Å². The zero-order valence-electron chi connectivity index (χ0n) is 18.0. The number of rotatable bonds is 7. The van der Waals surface area contributed by atoms with Gasteiger partial charge in [-0.15, -0.1) is 0 Å². The van der Waals surface area contributed by atoms with Crippen molar-refractivity contribution < 1.29 is 13.2 Å². The number of aromatic nitrogens is 4. The van der Waals surface area contributed by atoms with E-state index in [1.165, 1.54) is 0 Å². The van der Waals surface area contributed by atoms with Crippen LogP contribution in [0.2, 0.25) is 0 Å². The SMILES string of the molecule is CN=C(NCCNc1nccc(C(F)(F)F)n1)NCc1ccccc1-n1nc(C)cc1C. The summed E-state index contributed by atoms with van der Waals surface area (Å²) in [4.78, 5) is 11.5. The van der Waals surface area contributed by atoms with Crippen LogP contribution in [0.25, 0.3) is 5.69 Å². The highest BCUT2D eigenvalue weighted by Crippen LogP contribution is 2.27. The Bertz CT molecular complexity index is 1070. The molecule has 0 aliphatic carbocycles. The van der Waals surface area contributed by atoms with Gasteiger partial charge < -0.3 is 16.0 Å². The molecule has 3 rings (SSSR count). The van der Waals surface area contributed by atoms with Gasteiger partial charge in [0.2, 0.25) is 5.95 Å². The van der Waals surface area contributed by atoms with Crippen LogP contribution >= 0.6 is 0 Å². The van der Waals surface area contributed by atoms with E-state index in [0.717, 1.165) is 34.9 Å². The van der Waals surface area contributed by atoms with Gasteiger partial charge in [0.15, 0.2) is 5.96 Å². The maximum absolute atomic E-state index is 12.7. The third-order valence-corrected chi connectivity index (χ3v) is 4.55. The van der Waals surface area contributed by atoms with Crippen molar-refractivity contribution >= 4 is 11.9 Å². The first kappa shape index (κ1) is 23.0. The molecule has 0 aliphatic rings. The molecule has 32 heavy (non-hydrogen) atoms. The molecular formula is C21H25F3N8. The summed E-state index contributed by atoms with van der Waals surface area (Å²) < 4.78 is 40.1. The summed E-state index contributed by atoms with van der Waals surface area (Å²) in [7, 11) is 1.64. The van der Waals surface area contributed by atoms with E-state index < -0.39 is 11.9 Å². The molecule has 0 unspecified atom stereocenters. The molecule has 0 saturated heterocycles. The number of aryl methyl sites for hydroxylation is 2. The normalized spacial score (nSPS) is 12.0. The molecule has 0 atom stereocenters. The second-order valence-corrected chi connectivity index (χ2v) is 7.01. The lowest BCUT2D eigenvalue weighted by molar-refractivity contribution is -0.141. The van der Waals surface area contributed by atoms with Crippen LogP contribution in [-0.4, -0.2) is 45.8 Å². The second kappa shape index (κ2) is 10.1. The van der Waals surface area contributed by atoms with Crippen molar-refractivity contribution in [2.75, 3.05) is 25.5 Å². The van der Waals surface area contributed by atoms with Gasteiger partial charge in [-0.2, -0.15) is 18.3 Å². The van der Waals surface area contributed by atoms with Gasteiger partial charge in [-0.1, -0.05) is 18.2 Å². The Morgan fingerprint density at radius 1 is 1.09 bits per heavy atom. The lowest BCUT2D eigenvalue weighted by Gasteiger charge is -2.15. The Labute approximate surface area is 184 Å². The Morgan fingerprint density at radius 2 is 1.88 bits per heavy atom. The van der Waals surface area contributed by atoms with E-state index >= 15 is 0 Å². The van der Waals surface area contributed by atoms with Crippen LogP contribution in [-0.2, 0) is 12.7 Å². The maximum Gasteiger partial charge on any atom is 0.433 e. The summed E-state index contributed by atoms with van der Waals surface area (Å²) in [5, 5.41) is 13.7. The van der Waals surface area contributed by atoms with Crippen molar-refractivity contribution in [1.82, 2.24) is 30.4 Å². The van der Waals surface area contributed by atoms with Gasteiger partial charge in [0, 0.05) is 38.6 Å². The van der Waals surface area contributed by atoms with Gasteiger partial charge in [-0.3, -0.25) is 4.99 Å². The number of nitrogens with one attached hydrogen (secondary N) is 3. The molecule has 0 amide bonds. The molecule has 0 spiro atoms. The molecule has 11 heteroatoms. The predicted octanol–water partition coefficient (Wildman–Crippen LogP) is 3.08. The maximum atomic E-state index is 12.7. The molecule has 0 radical (unpaired) electrons. The number of hydrogen-bond acceptors (Lipinski definition) is 5. The summed E-state index contributed by atoms with van der Waals surface area (Å²) in [5.74, 6) is 0.475.